The predicted octanol–water partition coefficient (Wildman–Crippen LogP) is 4.10. The van der Waals surface area contributed by atoms with Gasteiger partial charge in [0.15, 0.2) is 24.7 Å². The van der Waals surface area contributed by atoms with Crippen LogP contribution in [0.2, 0.25) is 5.04 Å². The van der Waals surface area contributed by atoms with Gasteiger partial charge in [-0.05, 0) is 50.7 Å². The van der Waals surface area contributed by atoms with Gasteiger partial charge in [-0.15, -0.1) is 0 Å². The van der Waals surface area contributed by atoms with Gasteiger partial charge in [0.1, 0.15) is 43.1 Å². The van der Waals surface area contributed by atoms with Crippen molar-refractivity contribution in [2.75, 3.05) is 13.2 Å². The maximum absolute atomic E-state index is 13.2. The van der Waals surface area contributed by atoms with E-state index >= 15 is 0 Å². The molecule has 2 N–H and O–H groups in total. The number of rotatable bonds is 13. The number of esters is 3. The average molecular weight is 1030 g/mol. The molecule has 386 valence electrons. The summed E-state index contributed by atoms with van der Waals surface area (Å²) in [4.78, 5) is 94.8. The van der Waals surface area contributed by atoms with E-state index in [0.717, 1.165) is 40.9 Å². The van der Waals surface area contributed by atoms with Gasteiger partial charge in [-0.2, -0.15) is 0 Å². The minimum absolute atomic E-state index is 0.0924. The number of aliphatic hydroxyl groups excluding tert-OH is 2. The van der Waals surface area contributed by atoms with E-state index < -0.39 is 118 Å². The highest BCUT2D eigenvalue weighted by atomic mass is 28.4. The van der Waals surface area contributed by atoms with E-state index in [-0.39, 0.29) is 33.9 Å². The zero-order valence-corrected chi connectivity index (χ0v) is 41.9. The zero-order valence-electron chi connectivity index (χ0n) is 40.9. The van der Waals surface area contributed by atoms with Crippen LogP contribution in [0.25, 0.3) is 20.9 Å². The van der Waals surface area contributed by atoms with Crippen molar-refractivity contribution in [3.63, 3.8) is 0 Å². The first-order chi connectivity index (χ1) is 35.3. The number of fused-ring (bicyclic) bond motifs is 2. The summed E-state index contributed by atoms with van der Waals surface area (Å²) in [5, 5.41) is 31.4. The van der Waals surface area contributed by atoms with Gasteiger partial charge in [-0.25, -0.2) is 0 Å². The van der Waals surface area contributed by atoms with Crippen molar-refractivity contribution in [3.05, 3.63) is 152 Å². The Morgan fingerprint density at radius 2 is 0.973 bits per heavy atom. The molecule has 0 aliphatic carbocycles. The highest BCUT2D eigenvalue weighted by molar-refractivity contribution is 6.99. The van der Waals surface area contributed by atoms with Gasteiger partial charge >= 0.3 is 17.9 Å². The van der Waals surface area contributed by atoms with E-state index in [4.69, 9.17) is 33.6 Å². The van der Waals surface area contributed by atoms with Gasteiger partial charge in [0.25, 0.3) is 31.9 Å². The summed E-state index contributed by atoms with van der Waals surface area (Å²) < 4.78 is 34.2. The number of amides is 4. The molecule has 4 aliphatic rings. The smallest absolute Gasteiger partial charge is 0.303 e. The molecule has 4 unspecified atom stereocenters. The lowest BCUT2D eigenvalue weighted by Gasteiger charge is -2.47. The normalized spacial score (nSPS) is 25.3. The molecule has 0 saturated carbocycles. The van der Waals surface area contributed by atoms with Crippen molar-refractivity contribution < 1.29 is 71.9 Å². The van der Waals surface area contributed by atoms with Crippen LogP contribution in [0.3, 0.4) is 0 Å². The highest BCUT2D eigenvalue weighted by Gasteiger charge is 2.58. The van der Waals surface area contributed by atoms with E-state index in [1.54, 1.807) is 24.3 Å². The van der Waals surface area contributed by atoms with Crippen molar-refractivity contribution in [1.82, 2.24) is 9.80 Å². The molecule has 8 rings (SSSR count). The summed E-state index contributed by atoms with van der Waals surface area (Å²) in [5.74, 6) is -5.09. The summed E-state index contributed by atoms with van der Waals surface area (Å²) in [6.07, 6.45) is -11.4. The van der Waals surface area contributed by atoms with Crippen LogP contribution in [0, 0.1) is 0 Å². The Hall–Kier alpha value is -7.79. The highest BCUT2D eigenvalue weighted by Crippen LogP contribution is 2.39. The summed E-state index contributed by atoms with van der Waals surface area (Å²) in [6, 6.07) is 29.2. The molecule has 4 heterocycles. The number of carbonyl (C=O) groups excluding carboxylic acids is 7. The first-order valence-electron chi connectivity index (χ1n) is 23.2. The quantitative estimate of drug-likeness (QED) is 0.0362. The van der Waals surface area contributed by atoms with E-state index in [0.29, 0.717) is 0 Å². The number of carbonyl (C=O) groups is 7. The second kappa shape index (κ2) is 22.5. The van der Waals surface area contributed by atoms with Crippen molar-refractivity contribution in [2.24, 2.45) is 10.2 Å². The van der Waals surface area contributed by atoms with Gasteiger partial charge in [-0.1, -0.05) is 116 Å². The molecule has 2 fully saturated rings. The third kappa shape index (κ3) is 10.5. The van der Waals surface area contributed by atoms with Gasteiger partial charge < -0.3 is 38.3 Å². The molecule has 0 spiro atoms. The summed E-state index contributed by atoms with van der Waals surface area (Å²) >= 11 is 0. The van der Waals surface area contributed by atoms with Crippen molar-refractivity contribution in [2.45, 2.75) is 108 Å². The number of ether oxygens (including phenoxy) is 5. The Bertz CT molecular complexity index is 2800. The Labute approximate surface area is 424 Å². The van der Waals surface area contributed by atoms with Crippen molar-refractivity contribution >= 4 is 60.2 Å². The average Bonchev–Trinajstić information content (AvgIpc) is 3.77. The number of benzene rings is 4. The SMILES string of the molecule is CC(=O)OCC1O[C@@H](N=[N+]=[N-])C(N2C(=O)c3ccccc3C2=O)[C@@H](OC(C)=O)[C@@H]1OC(C)=O.CC(C)(C)[Si](OCC1O[C@@H](N=[N+]=[N-])C(N2C(=O)c3ccccc3C2=O)[C@@H](O)[C@@H]1O)(c1ccccc1)c1ccccc1. The second-order valence-electron chi connectivity index (χ2n) is 18.5. The van der Waals surface area contributed by atoms with Crippen LogP contribution >= 0.6 is 0 Å². The molecule has 0 radical (unpaired) electrons. The fraction of sp³-hybridized carbons (Fsp3) is 0.380. The summed E-state index contributed by atoms with van der Waals surface area (Å²) in [7, 11) is -3.03. The van der Waals surface area contributed by atoms with Crippen LogP contribution in [-0.4, -0.2) is 144 Å². The molecule has 74 heavy (non-hydrogen) atoms. The maximum atomic E-state index is 13.2. The van der Waals surface area contributed by atoms with Crippen molar-refractivity contribution in [1.29, 1.82) is 0 Å². The first kappa shape index (κ1) is 54.0. The Kier molecular flexibility index (Phi) is 16.4. The Balaban J connectivity index is 0.000000222. The number of imide groups is 2. The molecule has 4 aromatic carbocycles. The van der Waals surface area contributed by atoms with Crippen LogP contribution in [0.15, 0.2) is 119 Å². The number of aliphatic hydroxyl groups is 2. The molecule has 4 aliphatic heterocycles. The molecule has 0 bridgehead atoms. The standard InChI is InChI=1S/C30H32N4O6Si.C20H20N4O9/c1-30(2,3)41(19-12-6-4-7-13-19,20-14-8-5-9-15-20)39-18-23-25(35)26(36)24(27(40-23)32-33-31)34-28(37)21-16-10-11-17-22(21)29(34)38;1-9(25)30-8-14-16(31-10(2)26)17(32-11(3)27)15(18(33-14)22-23-21)24-19(28)12-6-4-5-7-13(12)20(24)29/h4-17,23-27,35-36H,18H2,1-3H3;4-7,14-18H,8H2,1-3H3/t23?,24?,25-,26-,27-;14?,15?,16-,17-,18-/m11/s1. The number of hydrogen-bond acceptors (Lipinski definition) is 17. The zero-order chi connectivity index (χ0) is 53.6. The number of azide groups is 2. The third-order valence-corrected chi connectivity index (χ3v) is 17.8. The Morgan fingerprint density at radius 1 is 0.581 bits per heavy atom. The first-order valence-corrected chi connectivity index (χ1v) is 25.1. The van der Waals surface area contributed by atoms with Crippen LogP contribution in [0.4, 0.5) is 0 Å². The maximum Gasteiger partial charge on any atom is 0.303 e. The molecular weight excluding hydrogens is 981 g/mol. The fourth-order valence-electron chi connectivity index (χ4n) is 9.74. The van der Waals surface area contributed by atoms with Crippen LogP contribution in [0.5, 0.6) is 0 Å². The van der Waals surface area contributed by atoms with Crippen LogP contribution < -0.4 is 10.4 Å². The fourth-order valence-corrected chi connectivity index (χ4v) is 14.3. The summed E-state index contributed by atoms with van der Waals surface area (Å²) in [5.41, 5.74) is 18.9. The lowest BCUT2D eigenvalue weighted by Crippen LogP contribution is -2.69. The molecule has 0 aromatic heterocycles. The monoisotopic (exact) mass is 1030 g/mol. The number of hydrogen-bond donors (Lipinski definition) is 2. The largest absolute Gasteiger partial charge is 0.463 e. The minimum atomic E-state index is -3.03. The Morgan fingerprint density at radius 3 is 1.38 bits per heavy atom. The molecule has 24 heteroatoms. The lowest BCUT2D eigenvalue weighted by atomic mass is 9.94. The van der Waals surface area contributed by atoms with Crippen LogP contribution in [-0.2, 0) is 42.5 Å². The van der Waals surface area contributed by atoms with E-state index in [9.17, 15) is 49.3 Å². The van der Waals surface area contributed by atoms with Crippen LogP contribution in [0.1, 0.15) is 83.0 Å². The molecule has 10 atom stereocenters. The lowest BCUT2D eigenvalue weighted by molar-refractivity contribution is -0.228. The van der Waals surface area contributed by atoms with Gasteiger partial charge in [0.05, 0.1) is 28.9 Å². The third-order valence-electron chi connectivity index (χ3n) is 12.8. The minimum Gasteiger partial charge on any atom is -0.463 e. The van der Waals surface area contributed by atoms with E-state index in [1.807, 2.05) is 60.7 Å². The number of nitrogens with zero attached hydrogens (tertiary/aromatic N) is 8. The summed E-state index contributed by atoms with van der Waals surface area (Å²) in [6.45, 7) is 9.02. The molecule has 4 aromatic rings. The topological polar surface area (TPSA) is 319 Å². The molecule has 2 saturated heterocycles. The molecular formula is C50H52N8O15Si. The molecule has 4 amide bonds. The van der Waals surface area contributed by atoms with Gasteiger partial charge in [0.2, 0.25) is 0 Å². The van der Waals surface area contributed by atoms with E-state index in [1.165, 1.54) is 24.3 Å². The van der Waals surface area contributed by atoms with E-state index in [2.05, 4.69) is 40.8 Å². The molecule has 23 nitrogen and oxygen atoms in total. The second-order valence-corrected chi connectivity index (χ2v) is 22.8. The van der Waals surface area contributed by atoms with Gasteiger partial charge in [0, 0.05) is 30.6 Å². The van der Waals surface area contributed by atoms with Gasteiger partial charge in [-0.3, -0.25) is 43.4 Å². The predicted molar refractivity (Wildman–Crippen MR) is 260 cm³/mol. The van der Waals surface area contributed by atoms with Crippen molar-refractivity contribution in [3.8, 4) is 0 Å².